The van der Waals surface area contributed by atoms with Gasteiger partial charge in [-0.2, -0.15) is 0 Å². The van der Waals surface area contributed by atoms with E-state index in [1.165, 1.54) is 16.7 Å². The van der Waals surface area contributed by atoms with Crippen LogP contribution in [0.1, 0.15) is 29.5 Å². The molecule has 110 valence electrons. The number of hydrogen-bond donors (Lipinski definition) is 0. The molecule has 1 aliphatic rings. The standard InChI is InChI=1S/C18H18BrClO/c1-21-16-5-2-14(3-6-16)18(10-11-19)9-8-13-12-15(20)4-7-17(13)18/h2-7,12H,8-11H2,1H3. The minimum Gasteiger partial charge on any atom is -0.497 e. The summed E-state index contributed by atoms with van der Waals surface area (Å²) in [6.45, 7) is 0. The number of fused-ring (bicyclic) bond motifs is 1. The van der Waals surface area contributed by atoms with Crippen LogP contribution in [0.15, 0.2) is 42.5 Å². The summed E-state index contributed by atoms with van der Waals surface area (Å²) in [5, 5.41) is 1.82. The summed E-state index contributed by atoms with van der Waals surface area (Å²) < 4.78 is 5.28. The Bertz CT molecular complexity index is 638. The van der Waals surface area contributed by atoms with Gasteiger partial charge in [-0.1, -0.05) is 45.7 Å². The van der Waals surface area contributed by atoms with E-state index in [4.69, 9.17) is 16.3 Å². The van der Waals surface area contributed by atoms with Gasteiger partial charge in [0.1, 0.15) is 5.75 Å². The molecule has 2 aromatic rings. The summed E-state index contributed by atoms with van der Waals surface area (Å²) in [5.74, 6) is 0.905. The van der Waals surface area contributed by atoms with Gasteiger partial charge in [0.05, 0.1) is 7.11 Å². The Morgan fingerprint density at radius 2 is 1.95 bits per heavy atom. The zero-order valence-electron chi connectivity index (χ0n) is 12.0. The number of ether oxygens (including phenoxy) is 1. The summed E-state index contributed by atoms with van der Waals surface area (Å²) in [4.78, 5) is 0. The summed E-state index contributed by atoms with van der Waals surface area (Å²) >= 11 is 9.79. The van der Waals surface area contributed by atoms with E-state index in [0.29, 0.717) is 0 Å². The van der Waals surface area contributed by atoms with Gasteiger partial charge in [0.25, 0.3) is 0 Å². The van der Waals surface area contributed by atoms with Crippen molar-refractivity contribution < 1.29 is 4.74 Å². The average molecular weight is 366 g/mol. The monoisotopic (exact) mass is 364 g/mol. The first-order valence-electron chi connectivity index (χ1n) is 7.19. The van der Waals surface area contributed by atoms with Crippen LogP contribution in [0.4, 0.5) is 0 Å². The SMILES string of the molecule is COc1ccc(C2(CCBr)CCc3cc(Cl)ccc32)cc1. The van der Waals surface area contributed by atoms with Gasteiger partial charge in [0.15, 0.2) is 0 Å². The molecule has 0 aliphatic heterocycles. The Hall–Kier alpha value is -0.990. The van der Waals surface area contributed by atoms with Crippen LogP contribution in [0.25, 0.3) is 0 Å². The van der Waals surface area contributed by atoms with E-state index in [-0.39, 0.29) is 5.41 Å². The van der Waals surface area contributed by atoms with E-state index in [9.17, 15) is 0 Å². The van der Waals surface area contributed by atoms with E-state index in [1.807, 2.05) is 6.07 Å². The molecule has 0 fully saturated rings. The van der Waals surface area contributed by atoms with Crippen molar-refractivity contribution in [2.45, 2.75) is 24.7 Å². The molecule has 1 nitrogen and oxygen atoms in total. The van der Waals surface area contributed by atoms with E-state index in [0.717, 1.165) is 35.4 Å². The van der Waals surface area contributed by atoms with Gasteiger partial charge in [0.2, 0.25) is 0 Å². The lowest BCUT2D eigenvalue weighted by molar-refractivity contribution is 0.413. The molecular weight excluding hydrogens is 348 g/mol. The quantitative estimate of drug-likeness (QED) is 0.662. The van der Waals surface area contributed by atoms with Crippen LogP contribution < -0.4 is 4.74 Å². The molecule has 1 unspecified atom stereocenters. The molecule has 0 radical (unpaired) electrons. The molecule has 0 N–H and O–H groups in total. The molecule has 2 aromatic carbocycles. The number of alkyl halides is 1. The second kappa shape index (κ2) is 6.02. The molecule has 0 saturated heterocycles. The second-order valence-corrected chi connectivity index (χ2v) is 6.78. The molecule has 3 heteroatoms. The van der Waals surface area contributed by atoms with Gasteiger partial charge in [-0.15, -0.1) is 0 Å². The third-order valence-electron chi connectivity index (χ3n) is 4.57. The van der Waals surface area contributed by atoms with Crippen molar-refractivity contribution in [3.05, 3.63) is 64.2 Å². The van der Waals surface area contributed by atoms with Crippen LogP contribution in [0.3, 0.4) is 0 Å². The number of hydrogen-bond acceptors (Lipinski definition) is 1. The van der Waals surface area contributed by atoms with Crippen molar-refractivity contribution in [1.29, 1.82) is 0 Å². The molecule has 0 spiro atoms. The highest BCUT2D eigenvalue weighted by molar-refractivity contribution is 9.09. The van der Waals surface area contributed by atoms with Crippen LogP contribution in [0, 0.1) is 0 Å². The fraction of sp³-hybridized carbons (Fsp3) is 0.333. The smallest absolute Gasteiger partial charge is 0.118 e. The highest BCUT2D eigenvalue weighted by Gasteiger charge is 2.39. The number of halogens is 2. The van der Waals surface area contributed by atoms with Gasteiger partial charge < -0.3 is 4.74 Å². The van der Waals surface area contributed by atoms with Gasteiger partial charge in [-0.25, -0.2) is 0 Å². The van der Waals surface area contributed by atoms with Crippen molar-refractivity contribution in [2.24, 2.45) is 0 Å². The molecule has 3 rings (SSSR count). The summed E-state index contributed by atoms with van der Waals surface area (Å²) in [5.41, 5.74) is 4.27. The Kier molecular flexibility index (Phi) is 4.28. The maximum atomic E-state index is 6.15. The van der Waals surface area contributed by atoms with Crippen molar-refractivity contribution in [3.63, 3.8) is 0 Å². The van der Waals surface area contributed by atoms with Crippen molar-refractivity contribution >= 4 is 27.5 Å². The lowest BCUT2D eigenvalue weighted by Crippen LogP contribution is -2.25. The minimum atomic E-state index is 0.0930. The van der Waals surface area contributed by atoms with E-state index in [1.54, 1.807) is 7.11 Å². The average Bonchev–Trinajstić information content (AvgIpc) is 2.87. The first-order chi connectivity index (χ1) is 10.2. The van der Waals surface area contributed by atoms with E-state index >= 15 is 0 Å². The Morgan fingerprint density at radius 3 is 2.62 bits per heavy atom. The molecule has 0 bridgehead atoms. The molecule has 0 aromatic heterocycles. The van der Waals surface area contributed by atoms with Gasteiger partial charge in [-0.3, -0.25) is 0 Å². The summed E-state index contributed by atoms with van der Waals surface area (Å²) in [6, 6.07) is 14.8. The highest BCUT2D eigenvalue weighted by Crippen LogP contribution is 2.47. The number of rotatable bonds is 4. The largest absolute Gasteiger partial charge is 0.497 e. The highest BCUT2D eigenvalue weighted by atomic mass is 79.9. The Morgan fingerprint density at radius 1 is 1.19 bits per heavy atom. The third-order valence-corrected chi connectivity index (χ3v) is 5.20. The van der Waals surface area contributed by atoms with Gasteiger partial charge in [-0.05, 0) is 60.2 Å². The Labute approximate surface area is 139 Å². The molecular formula is C18H18BrClO. The predicted molar refractivity (Wildman–Crippen MR) is 92.0 cm³/mol. The Balaban J connectivity index is 2.09. The van der Waals surface area contributed by atoms with Crippen molar-refractivity contribution in [2.75, 3.05) is 12.4 Å². The normalized spacial score (nSPS) is 20.3. The zero-order valence-corrected chi connectivity index (χ0v) is 14.4. The first-order valence-corrected chi connectivity index (χ1v) is 8.69. The lowest BCUT2D eigenvalue weighted by Gasteiger charge is -2.31. The molecule has 0 heterocycles. The number of aryl methyl sites for hydroxylation is 1. The molecule has 0 amide bonds. The summed E-state index contributed by atoms with van der Waals surface area (Å²) in [7, 11) is 1.70. The van der Waals surface area contributed by atoms with Crippen LogP contribution in [-0.2, 0) is 11.8 Å². The summed E-state index contributed by atoms with van der Waals surface area (Å²) in [6.07, 6.45) is 3.32. The lowest BCUT2D eigenvalue weighted by atomic mass is 9.73. The fourth-order valence-electron chi connectivity index (χ4n) is 3.49. The molecule has 21 heavy (non-hydrogen) atoms. The topological polar surface area (TPSA) is 9.23 Å². The van der Waals surface area contributed by atoms with Crippen LogP contribution in [0.5, 0.6) is 5.75 Å². The maximum absolute atomic E-state index is 6.15. The molecule has 1 aliphatic carbocycles. The van der Waals surface area contributed by atoms with Gasteiger partial charge in [0, 0.05) is 15.8 Å². The minimum absolute atomic E-state index is 0.0930. The third kappa shape index (κ3) is 2.60. The maximum Gasteiger partial charge on any atom is 0.118 e. The van der Waals surface area contributed by atoms with Crippen LogP contribution in [-0.4, -0.2) is 12.4 Å². The number of methoxy groups -OCH3 is 1. The van der Waals surface area contributed by atoms with Crippen LogP contribution >= 0.6 is 27.5 Å². The van der Waals surface area contributed by atoms with Crippen molar-refractivity contribution in [3.8, 4) is 5.75 Å². The van der Waals surface area contributed by atoms with E-state index < -0.39 is 0 Å². The first kappa shape index (κ1) is 14.9. The van der Waals surface area contributed by atoms with Crippen LogP contribution in [0.2, 0.25) is 5.02 Å². The predicted octanol–water partition coefficient (Wildman–Crippen LogP) is 5.37. The van der Waals surface area contributed by atoms with E-state index in [2.05, 4.69) is 52.3 Å². The van der Waals surface area contributed by atoms with Gasteiger partial charge >= 0.3 is 0 Å². The second-order valence-electron chi connectivity index (χ2n) is 5.55. The number of benzene rings is 2. The zero-order chi connectivity index (χ0) is 14.9. The molecule has 0 saturated carbocycles. The fourth-order valence-corrected chi connectivity index (χ4v) is 4.37. The molecule has 1 atom stereocenters. The van der Waals surface area contributed by atoms with Crippen molar-refractivity contribution in [1.82, 2.24) is 0 Å².